The number of ether oxygens (including phenoxy) is 2. The number of likely N-dealkylation sites (N-methyl/N-ethyl adjacent to an activating group) is 1. The van der Waals surface area contributed by atoms with Crippen molar-refractivity contribution in [3.05, 3.63) is 35.9 Å². The summed E-state index contributed by atoms with van der Waals surface area (Å²) in [5.74, 6) is -0.183. The molecule has 1 saturated heterocycles. The van der Waals surface area contributed by atoms with Gasteiger partial charge in [-0.1, -0.05) is 18.2 Å². The van der Waals surface area contributed by atoms with Crippen LogP contribution in [0.3, 0.4) is 0 Å². The smallest absolute Gasteiger partial charge is 0.242 e. The van der Waals surface area contributed by atoms with Crippen molar-refractivity contribution in [2.24, 2.45) is 11.8 Å². The molecule has 1 aliphatic carbocycles. The van der Waals surface area contributed by atoms with E-state index in [1.807, 2.05) is 18.2 Å². The summed E-state index contributed by atoms with van der Waals surface area (Å²) in [6.45, 7) is 0.123. The fraction of sp³-hybridized carbons (Fsp3) is 0.450. The van der Waals surface area contributed by atoms with E-state index in [9.17, 15) is 14.4 Å². The van der Waals surface area contributed by atoms with Gasteiger partial charge in [-0.2, -0.15) is 0 Å². The van der Waals surface area contributed by atoms with Crippen LogP contribution in [0.4, 0.5) is 0 Å². The first-order chi connectivity index (χ1) is 13.0. The summed E-state index contributed by atoms with van der Waals surface area (Å²) in [6.07, 6.45) is 5.00. The topological polar surface area (TPSA) is 76.2 Å². The molecule has 0 N–H and O–H groups in total. The molecular weight excluding hydrogens is 348 g/mol. The van der Waals surface area contributed by atoms with Gasteiger partial charge >= 0.3 is 0 Å². The molecule has 3 amide bonds. The zero-order valence-electron chi connectivity index (χ0n) is 15.8. The van der Waals surface area contributed by atoms with Crippen LogP contribution < -0.4 is 9.47 Å². The summed E-state index contributed by atoms with van der Waals surface area (Å²) in [6, 6.07) is 5.42. The summed E-state index contributed by atoms with van der Waals surface area (Å²) in [5, 5.41) is 0. The summed E-state index contributed by atoms with van der Waals surface area (Å²) in [5.41, 5.74) is 0.862. The number of carbonyl (C=O) groups excluding carboxylic acids is 3. The highest BCUT2D eigenvalue weighted by molar-refractivity contribution is 6.07. The third-order valence-corrected chi connectivity index (χ3v) is 5.19. The van der Waals surface area contributed by atoms with E-state index in [2.05, 4.69) is 0 Å². The molecule has 1 fully saturated rings. The van der Waals surface area contributed by atoms with E-state index in [1.54, 1.807) is 33.4 Å². The predicted molar refractivity (Wildman–Crippen MR) is 98.1 cm³/mol. The summed E-state index contributed by atoms with van der Waals surface area (Å²) >= 11 is 0. The maximum atomic E-state index is 12.6. The number of nitrogens with zero attached hydrogens (tertiary/aromatic N) is 2. The van der Waals surface area contributed by atoms with E-state index in [-0.39, 0.29) is 36.1 Å². The second-order valence-electron chi connectivity index (χ2n) is 6.86. The van der Waals surface area contributed by atoms with Crippen molar-refractivity contribution in [2.45, 2.75) is 19.4 Å². The highest BCUT2D eigenvalue weighted by Gasteiger charge is 2.47. The summed E-state index contributed by atoms with van der Waals surface area (Å²) < 4.78 is 10.5. The second-order valence-corrected chi connectivity index (χ2v) is 6.86. The molecule has 0 saturated carbocycles. The molecule has 0 aromatic heterocycles. The molecule has 144 valence electrons. The quantitative estimate of drug-likeness (QED) is 0.560. The number of benzene rings is 1. The lowest BCUT2D eigenvalue weighted by Gasteiger charge is -2.21. The molecule has 2 atom stereocenters. The van der Waals surface area contributed by atoms with Crippen LogP contribution in [0.2, 0.25) is 0 Å². The van der Waals surface area contributed by atoms with Gasteiger partial charge in [0, 0.05) is 13.6 Å². The number of likely N-dealkylation sites (tertiary alicyclic amines) is 1. The highest BCUT2D eigenvalue weighted by atomic mass is 16.5. The third kappa shape index (κ3) is 3.67. The first-order valence-corrected chi connectivity index (χ1v) is 8.91. The Bertz CT molecular complexity index is 763. The number of allylic oxidation sites excluding steroid dienone is 2. The molecule has 0 bridgehead atoms. The van der Waals surface area contributed by atoms with Gasteiger partial charge < -0.3 is 14.4 Å². The Hall–Kier alpha value is -2.83. The lowest BCUT2D eigenvalue weighted by Crippen LogP contribution is -2.41. The number of rotatable bonds is 6. The number of hydrogen-bond acceptors (Lipinski definition) is 5. The Morgan fingerprint density at radius 2 is 1.67 bits per heavy atom. The molecule has 1 aromatic rings. The number of amides is 3. The van der Waals surface area contributed by atoms with Crippen LogP contribution in [0.15, 0.2) is 30.4 Å². The summed E-state index contributed by atoms with van der Waals surface area (Å²) in [4.78, 5) is 40.2. The molecule has 0 spiro atoms. The molecular formula is C20H24N2O5. The van der Waals surface area contributed by atoms with Gasteiger partial charge in [-0.25, -0.2) is 0 Å². The average Bonchev–Trinajstić information content (AvgIpc) is 2.93. The molecule has 0 radical (unpaired) electrons. The SMILES string of the molecule is COc1ccc(CN(C)C(=O)CN2C(=O)[C@H]3CC=CC[C@H]3C2=O)cc1OC. The second kappa shape index (κ2) is 7.82. The van der Waals surface area contributed by atoms with E-state index < -0.39 is 0 Å². The van der Waals surface area contributed by atoms with Crippen molar-refractivity contribution in [1.29, 1.82) is 0 Å². The Morgan fingerprint density at radius 3 is 2.22 bits per heavy atom. The van der Waals surface area contributed by atoms with Crippen molar-refractivity contribution in [1.82, 2.24) is 9.80 Å². The van der Waals surface area contributed by atoms with Gasteiger partial charge in [0.2, 0.25) is 17.7 Å². The maximum Gasteiger partial charge on any atom is 0.242 e. The number of imide groups is 1. The van der Waals surface area contributed by atoms with Gasteiger partial charge in [-0.3, -0.25) is 19.3 Å². The van der Waals surface area contributed by atoms with Gasteiger partial charge in [-0.15, -0.1) is 0 Å². The van der Waals surface area contributed by atoms with Crippen molar-refractivity contribution < 1.29 is 23.9 Å². The van der Waals surface area contributed by atoms with E-state index in [0.717, 1.165) is 10.5 Å². The molecule has 1 aromatic carbocycles. The van der Waals surface area contributed by atoms with Crippen LogP contribution in [-0.2, 0) is 20.9 Å². The third-order valence-electron chi connectivity index (χ3n) is 5.19. The lowest BCUT2D eigenvalue weighted by molar-refractivity contribution is -0.146. The molecule has 3 rings (SSSR count). The Kier molecular flexibility index (Phi) is 5.48. The average molecular weight is 372 g/mol. The highest BCUT2D eigenvalue weighted by Crippen LogP contribution is 2.35. The number of hydrogen-bond donors (Lipinski definition) is 0. The minimum atomic E-state index is -0.313. The molecule has 7 nitrogen and oxygen atoms in total. The fourth-order valence-corrected chi connectivity index (χ4v) is 3.62. The Balaban J connectivity index is 1.64. The van der Waals surface area contributed by atoms with Gasteiger partial charge in [0.05, 0.1) is 26.1 Å². The number of methoxy groups -OCH3 is 2. The van der Waals surface area contributed by atoms with Gasteiger partial charge in [-0.05, 0) is 30.5 Å². The molecule has 0 unspecified atom stereocenters. The summed E-state index contributed by atoms with van der Waals surface area (Å²) in [7, 11) is 4.76. The van der Waals surface area contributed by atoms with Gasteiger partial charge in [0.1, 0.15) is 6.54 Å². The van der Waals surface area contributed by atoms with Gasteiger partial charge in [0.25, 0.3) is 0 Å². The zero-order valence-corrected chi connectivity index (χ0v) is 15.8. The van der Waals surface area contributed by atoms with Crippen LogP contribution in [0.25, 0.3) is 0 Å². The largest absolute Gasteiger partial charge is 0.493 e. The zero-order chi connectivity index (χ0) is 19.6. The van der Waals surface area contributed by atoms with Crippen LogP contribution in [-0.4, -0.2) is 55.3 Å². The monoisotopic (exact) mass is 372 g/mol. The van der Waals surface area contributed by atoms with Crippen LogP contribution in [0.5, 0.6) is 11.5 Å². The van der Waals surface area contributed by atoms with Crippen molar-refractivity contribution >= 4 is 17.7 Å². The lowest BCUT2D eigenvalue weighted by atomic mass is 9.85. The van der Waals surface area contributed by atoms with Gasteiger partial charge in [0.15, 0.2) is 11.5 Å². The van der Waals surface area contributed by atoms with Crippen LogP contribution in [0, 0.1) is 11.8 Å². The van der Waals surface area contributed by atoms with Crippen LogP contribution in [0.1, 0.15) is 18.4 Å². The molecule has 1 aliphatic heterocycles. The first kappa shape index (κ1) is 18.9. The van der Waals surface area contributed by atoms with E-state index in [1.165, 1.54) is 4.90 Å². The van der Waals surface area contributed by atoms with Crippen molar-refractivity contribution in [3.63, 3.8) is 0 Å². The predicted octanol–water partition coefficient (Wildman–Crippen LogP) is 1.61. The Morgan fingerprint density at radius 1 is 1.07 bits per heavy atom. The standard InChI is InChI=1S/C20H24N2O5/c1-21(11-13-8-9-16(26-2)17(10-13)27-3)18(23)12-22-19(24)14-6-4-5-7-15(14)20(22)25/h4-5,8-10,14-15H,6-7,11-12H2,1-3H3/t14-,15+. The maximum absolute atomic E-state index is 12.6. The molecule has 27 heavy (non-hydrogen) atoms. The number of carbonyl (C=O) groups is 3. The molecule has 1 heterocycles. The fourth-order valence-electron chi connectivity index (χ4n) is 3.62. The normalized spacial score (nSPS) is 21.2. The van der Waals surface area contributed by atoms with E-state index in [0.29, 0.717) is 30.9 Å². The van der Waals surface area contributed by atoms with E-state index in [4.69, 9.17) is 9.47 Å². The van der Waals surface area contributed by atoms with E-state index >= 15 is 0 Å². The van der Waals surface area contributed by atoms with Crippen LogP contribution >= 0.6 is 0 Å². The first-order valence-electron chi connectivity index (χ1n) is 8.91. The molecule has 7 heteroatoms. The minimum Gasteiger partial charge on any atom is -0.493 e. The molecule has 2 aliphatic rings. The van der Waals surface area contributed by atoms with Crippen molar-refractivity contribution in [3.8, 4) is 11.5 Å². The Labute approximate surface area is 158 Å². The minimum absolute atomic E-state index is 0.214. The number of fused-ring (bicyclic) bond motifs is 1. The van der Waals surface area contributed by atoms with Crippen molar-refractivity contribution in [2.75, 3.05) is 27.8 Å².